The lowest BCUT2D eigenvalue weighted by molar-refractivity contribution is -0.143. The van der Waals surface area contributed by atoms with Gasteiger partial charge >= 0.3 is 5.97 Å². The summed E-state index contributed by atoms with van der Waals surface area (Å²) in [6.45, 7) is 2.51. The lowest BCUT2D eigenvalue weighted by atomic mass is 10.3. The zero-order valence-electron chi connectivity index (χ0n) is 10.8. The lowest BCUT2D eigenvalue weighted by Crippen LogP contribution is -2.38. The summed E-state index contributed by atoms with van der Waals surface area (Å²) in [5.41, 5.74) is 0.361. The van der Waals surface area contributed by atoms with Crippen LogP contribution in [0.1, 0.15) is 17.3 Å². The monoisotopic (exact) mass is 333 g/mol. The molecule has 0 aliphatic rings. The Balaban J connectivity index is 2.75. The van der Waals surface area contributed by atoms with E-state index in [2.05, 4.69) is 15.9 Å². The van der Waals surface area contributed by atoms with Gasteiger partial charge in [0.1, 0.15) is 6.54 Å². The minimum atomic E-state index is -0.452. The molecule has 7 heteroatoms. The molecule has 0 fully saturated rings. The van der Waals surface area contributed by atoms with Crippen LogP contribution in [0.4, 0.5) is 0 Å². The number of furan rings is 1. The van der Waals surface area contributed by atoms with Gasteiger partial charge in [-0.3, -0.25) is 9.59 Å². The first-order valence-electron chi connectivity index (χ1n) is 5.77. The zero-order chi connectivity index (χ0) is 14.3. The van der Waals surface area contributed by atoms with Crippen LogP contribution in [0.15, 0.2) is 21.4 Å². The van der Waals surface area contributed by atoms with E-state index in [-0.39, 0.29) is 19.1 Å². The van der Waals surface area contributed by atoms with Gasteiger partial charge in [-0.2, -0.15) is 0 Å². The van der Waals surface area contributed by atoms with Crippen LogP contribution < -0.4 is 0 Å². The summed E-state index contributed by atoms with van der Waals surface area (Å²) >= 11 is 3.14. The molecule has 0 radical (unpaired) electrons. The second kappa shape index (κ2) is 7.96. The van der Waals surface area contributed by atoms with Gasteiger partial charge in [-0.1, -0.05) is 0 Å². The normalized spacial score (nSPS) is 10.3. The van der Waals surface area contributed by atoms with Crippen molar-refractivity contribution in [2.75, 3.05) is 33.4 Å². The van der Waals surface area contributed by atoms with Gasteiger partial charge in [-0.05, 0) is 28.9 Å². The van der Waals surface area contributed by atoms with Crippen LogP contribution in [0.2, 0.25) is 0 Å². The van der Waals surface area contributed by atoms with Crippen molar-refractivity contribution in [1.29, 1.82) is 0 Å². The molecule has 1 aromatic heterocycles. The molecular formula is C12H16BrNO5. The maximum absolute atomic E-state index is 12.2. The standard InChI is InChI=1S/C12H16BrNO5/c1-3-18-10(15)8-14(5-7-17-2)12(16)9-4-6-19-11(9)13/h4,6H,3,5,7-8H2,1-2H3. The molecule has 0 N–H and O–H groups in total. The third-order valence-electron chi connectivity index (χ3n) is 2.33. The van der Waals surface area contributed by atoms with Crippen molar-refractivity contribution in [3.8, 4) is 0 Å². The SMILES string of the molecule is CCOC(=O)CN(CCOC)C(=O)c1ccoc1Br. The molecule has 0 unspecified atom stereocenters. The number of nitrogens with zero attached hydrogens (tertiary/aromatic N) is 1. The molecule has 1 rings (SSSR count). The first-order valence-corrected chi connectivity index (χ1v) is 6.56. The number of carbonyl (C=O) groups excluding carboxylic acids is 2. The second-order valence-electron chi connectivity index (χ2n) is 3.63. The average molecular weight is 334 g/mol. The molecule has 0 aliphatic heterocycles. The number of amides is 1. The molecule has 1 aromatic rings. The summed E-state index contributed by atoms with van der Waals surface area (Å²) in [7, 11) is 1.53. The fourth-order valence-electron chi connectivity index (χ4n) is 1.43. The Kier molecular flexibility index (Phi) is 6.58. The summed E-state index contributed by atoms with van der Waals surface area (Å²) < 4.78 is 15.1. The Bertz CT molecular complexity index is 432. The van der Waals surface area contributed by atoms with E-state index >= 15 is 0 Å². The molecule has 6 nitrogen and oxygen atoms in total. The van der Waals surface area contributed by atoms with Gasteiger partial charge in [0.05, 0.1) is 25.0 Å². The van der Waals surface area contributed by atoms with Crippen LogP contribution in [-0.2, 0) is 14.3 Å². The number of ether oxygens (including phenoxy) is 2. The Morgan fingerprint density at radius 2 is 2.21 bits per heavy atom. The summed E-state index contributed by atoms with van der Waals surface area (Å²) in [6.07, 6.45) is 1.40. The Morgan fingerprint density at radius 3 is 2.74 bits per heavy atom. The predicted molar refractivity (Wildman–Crippen MR) is 70.8 cm³/mol. The number of hydrogen-bond donors (Lipinski definition) is 0. The lowest BCUT2D eigenvalue weighted by Gasteiger charge is -2.20. The van der Waals surface area contributed by atoms with E-state index in [9.17, 15) is 9.59 Å². The molecule has 19 heavy (non-hydrogen) atoms. The molecule has 0 saturated heterocycles. The fraction of sp³-hybridized carbons (Fsp3) is 0.500. The van der Waals surface area contributed by atoms with Crippen molar-refractivity contribution in [2.45, 2.75) is 6.92 Å². The van der Waals surface area contributed by atoms with Crippen molar-refractivity contribution in [1.82, 2.24) is 4.90 Å². The van der Waals surface area contributed by atoms with Crippen LogP contribution in [0.25, 0.3) is 0 Å². The van der Waals surface area contributed by atoms with Crippen molar-refractivity contribution >= 4 is 27.8 Å². The largest absolute Gasteiger partial charge is 0.465 e. The van der Waals surface area contributed by atoms with E-state index < -0.39 is 5.97 Å². The van der Waals surface area contributed by atoms with E-state index in [1.807, 2.05) is 0 Å². The molecule has 0 saturated carbocycles. The Morgan fingerprint density at radius 1 is 1.47 bits per heavy atom. The van der Waals surface area contributed by atoms with Gasteiger partial charge in [0, 0.05) is 13.7 Å². The van der Waals surface area contributed by atoms with E-state index in [4.69, 9.17) is 13.9 Å². The van der Waals surface area contributed by atoms with Crippen molar-refractivity contribution in [3.63, 3.8) is 0 Å². The van der Waals surface area contributed by atoms with Gasteiger partial charge in [-0.25, -0.2) is 0 Å². The van der Waals surface area contributed by atoms with Crippen LogP contribution in [0.5, 0.6) is 0 Å². The number of methoxy groups -OCH3 is 1. The highest BCUT2D eigenvalue weighted by molar-refractivity contribution is 9.10. The fourth-order valence-corrected chi connectivity index (χ4v) is 1.84. The van der Waals surface area contributed by atoms with E-state index in [1.54, 1.807) is 6.92 Å². The Labute approximate surface area is 119 Å². The summed E-state index contributed by atoms with van der Waals surface area (Å²) in [4.78, 5) is 25.1. The zero-order valence-corrected chi connectivity index (χ0v) is 12.4. The number of halogens is 1. The molecule has 0 spiro atoms. The second-order valence-corrected chi connectivity index (χ2v) is 4.35. The number of esters is 1. The number of hydrogen-bond acceptors (Lipinski definition) is 5. The molecule has 1 heterocycles. The minimum absolute atomic E-state index is 0.117. The van der Waals surface area contributed by atoms with Crippen LogP contribution in [-0.4, -0.2) is 50.2 Å². The summed E-state index contributed by atoms with van der Waals surface area (Å²) in [5, 5.41) is 0. The molecule has 0 bridgehead atoms. The Hall–Kier alpha value is -1.34. The molecular weight excluding hydrogens is 318 g/mol. The topological polar surface area (TPSA) is 69.0 Å². The highest BCUT2D eigenvalue weighted by Crippen LogP contribution is 2.19. The van der Waals surface area contributed by atoms with Crippen molar-refractivity contribution in [3.05, 3.63) is 22.6 Å². The first-order chi connectivity index (χ1) is 9.10. The summed E-state index contributed by atoms with van der Waals surface area (Å²) in [5.74, 6) is -0.766. The van der Waals surface area contributed by atoms with Gasteiger partial charge in [0.15, 0.2) is 4.67 Å². The molecule has 1 amide bonds. The highest BCUT2D eigenvalue weighted by Gasteiger charge is 2.22. The third-order valence-corrected chi connectivity index (χ3v) is 2.94. The van der Waals surface area contributed by atoms with Gasteiger partial charge < -0.3 is 18.8 Å². The number of carbonyl (C=O) groups is 2. The quantitative estimate of drug-likeness (QED) is 0.710. The number of rotatable bonds is 7. The maximum Gasteiger partial charge on any atom is 0.325 e. The van der Waals surface area contributed by atoms with Crippen LogP contribution in [0.3, 0.4) is 0 Å². The van der Waals surface area contributed by atoms with Gasteiger partial charge in [0.2, 0.25) is 0 Å². The van der Waals surface area contributed by atoms with E-state index in [0.717, 1.165) is 0 Å². The molecule has 106 valence electrons. The smallest absolute Gasteiger partial charge is 0.325 e. The predicted octanol–water partition coefficient (Wildman–Crippen LogP) is 1.69. The third kappa shape index (κ3) is 4.68. The van der Waals surface area contributed by atoms with E-state index in [0.29, 0.717) is 23.4 Å². The molecule has 0 aromatic carbocycles. The first kappa shape index (κ1) is 15.7. The summed E-state index contributed by atoms with van der Waals surface area (Å²) in [6, 6.07) is 1.54. The van der Waals surface area contributed by atoms with Crippen molar-refractivity contribution < 1.29 is 23.5 Å². The highest BCUT2D eigenvalue weighted by atomic mass is 79.9. The van der Waals surface area contributed by atoms with Crippen LogP contribution in [0, 0.1) is 0 Å². The van der Waals surface area contributed by atoms with Gasteiger partial charge in [-0.15, -0.1) is 0 Å². The van der Waals surface area contributed by atoms with Gasteiger partial charge in [0.25, 0.3) is 5.91 Å². The molecule has 0 atom stereocenters. The van der Waals surface area contributed by atoms with Crippen molar-refractivity contribution in [2.24, 2.45) is 0 Å². The molecule has 0 aliphatic carbocycles. The van der Waals surface area contributed by atoms with E-state index in [1.165, 1.54) is 24.3 Å². The minimum Gasteiger partial charge on any atom is -0.465 e. The average Bonchev–Trinajstić information content (AvgIpc) is 2.80. The maximum atomic E-state index is 12.2. The van der Waals surface area contributed by atoms with Crippen LogP contribution >= 0.6 is 15.9 Å².